The molecule has 0 nitrogen and oxygen atoms in total. The first-order valence-corrected chi connectivity index (χ1v) is 5.93. The van der Waals surface area contributed by atoms with Crippen molar-refractivity contribution < 1.29 is 32.7 Å². The van der Waals surface area contributed by atoms with E-state index < -0.39 is 0 Å². The topological polar surface area (TPSA) is 0 Å². The monoisotopic (exact) mass is 293 g/mol. The molecule has 87 valence electrons. The Kier molecular flexibility index (Phi) is 6.44. The van der Waals surface area contributed by atoms with Crippen molar-refractivity contribution in [2.75, 3.05) is 0 Å². The van der Waals surface area contributed by atoms with E-state index >= 15 is 0 Å². The molecule has 0 aliphatic rings. The summed E-state index contributed by atoms with van der Waals surface area (Å²) in [5.41, 5.74) is 2.16. The first kappa shape index (κ1) is 16.3. The van der Waals surface area contributed by atoms with Gasteiger partial charge in [-0.15, -0.1) is 0 Å². The maximum absolute atomic E-state index is 2.36. The molecule has 1 rings (SSSR count). The smallest absolute Gasteiger partial charge is 0 e. The van der Waals surface area contributed by atoms with Crippen molar-refractivity contribution in [2.24, 2.45) is 5.41 Å². The summed E-state index contributed by atoms with van der Waals surface area (Å²) in [5.74, 6) is 0. The Labute approximate surface area is 126 Å². The Bertz CT molecular complexity index is 298. The van der Waals surface area contributed by atoms with Gasteiger partial charge in [0.1, 0.15) is 0 Å². The summed E-state index contributed by atoms with van der Waals surface area (Å²) in [4.78, 5) is 0. The van der Waals surface area contributed by atoms with Gasteiger partial charge in [0.05, 0.1) is 0 Å². The molecule has 0 bridgehead atoms. The standard InChI is InChI=1S/C15H24.Y/c1-6-14(2,3)12-15(4,5)13-10-8-7-9-11-13;/h7-11H,6,12H2,1-5H3;. The maximum atomic E-state index is 2.36. The van der Waals surface area contributed by atoms with Crippen molar-refractivity contribution in [1.29, 1.82) is 0 Å². The van der Waals surface area contributed by atoms with E-state index in [0.717, 1.165) is 0 Å². The van der Waals surface area contributed by atoms with E-state index in [-0.39, 0.29) is 38.1 Å². The number of hydrogen-bond acceptors (Lipinski definition) is 0. The molecular formula is C15H24Y. The fraction of sp³-hybridized carbons (Fsp3) is 0.600. The van der Waals surface area contributed by atoms with E-state index in [2.05, 4.69) is 65.0 Å². The average Bonchev–Trinajstić information content (AvgIpc) is 2.18. The third kappa shape index (κ3) is 4.67. The third-order valence-electron chi connectivity index (χ3n) is 3.43. The van der Waals surface area contributed by atoms with Crippen molar-refractivity contribution >= 4 is 0 Å². The van der Waals surface area contributed by atoms with E-state index in [1.807, 2.05) is 0 Å². The van der Waals surface area contributed by atoms with Crippen LogP contribution in [-0.2, 0) is 38.1 Å². The molecule has 0 fully saturated rings. The van der Waals surface area contributed by atoms with Gasteiger partial charge >= 0.3 is 0 Å². The van der Waals surface area contributed by atoms with Crippen LogP contribution < -0.4 is 0 Å². The Morgan fingerprint density at radius 2 is 1.44 bits per heavy atom. The third-order valence-corrected chi connectivity index (χ3v) is 3.43. The summed E-state index contributed by atoms with van der Waals surface area (Å²) < 4.78 is 0. The second-order valence-corrected chi connectivity index (χ2v) is 5.94. The molecule has 1 radical (unpaired) electrons. The SMILES string of the molecule is CCC(C)(C)CC(C)(C)c1ccccc1.[Y]. The van der Waals surface area contributed by atoms with Gasteiger partial charge in [-0.3, -0.25) is 0 Å². The van der Waals surface area contributed by atoms with Crippen molar-refractivity contribution in [3.8, 4) is 0 Å². The molecule has 0 unspecified atom stereocenters. The molecule has 0 atom stereocenters. The predicted octanol–water partition coefficient (Wildman–Crippen LogP) is 4.79. The van der Waals surface area contributed by atoms with Gasteiger partial charge in [0.2, 0.25) is 0 Å². The molecule has 0 aliphatic carbocycles. The second-order valence-electron chi connectivity index (χ2n) is 5.94. The van der Waals surface area contributed by atoms with Crippen molar-refractivity contribution in [3.05, 3.63) is 35.9 Å². The minimum atomic E-state index is 0. The van der Waals surface area contributed by atoms with Gasteiger partial charge in [-0.1, -0.05) is 71.4 Å². The largest absolute Gasteiger partial charge is 0.0649 e. The van der Waals surface area contributed by atoms with Crippen LogP contribution in [0.25, 0.3) is 0 Å². The van der Waals surface area contributed by atoms with E-state index in [0.29, 0.717) is 5.41 Å². The van der Waals surface area contributed by atoms with Crippen LogP contribution in [0.1, 0.15) is 53.0 Å². The summed E-state index contributed by atoms with van der Waals surface area (Å²) in [5, 5.41) is 0. The molecule has 0 aliphatic heterocycles. The van der Waals surface area contributed by atoms with Gasteiger partial charge in [0, 0.05) is 32.7 Å². The van der Waals surface area contributed by atoms with Crippen LogP contribution in [0, 0.1) is 5.41 Å². The number of rotatable bonds is 4. The van der Waals surface area contributed by atoms with Crippen molar-refractivity contribution in [3.63, 3.8) is 0 Å². The van der Waals surface area contributed by atoms with Crippen LogP contribution in [0.2, 0.25) is 0 Å². The molecule has 0 N–H and O–H groups in total. The number of hydrogen-bond donors (Lipinski definition) is 0. The van der Waals surface area contributed by atoms with Gasteiger partial charge in [0.15, 0.2) is 0 Å². The van der Waals surface area contributed by atoms with Crippen molar-refractivity contribution in [1.82, 2.24) is 0 Å². The normalized spacial score (nSPS) is 12.1. The molecule has 1 aromatic carbocycles. The molecular weight excluding hydrogens is 269 g/mol. The van der Waals surface area contributed by atoms with Gasteiger partial charge in [0.25, 0.3) is 0 Å². The summed E-state index contributed by atoms with van der Waals surface area (Å²) in [6.45, 7) is 11.7. The van der Waals surface area contributed by atoms with Crippen LogP contribution in [0.3, 0.4) is 0 Å². The van der Waals surface area contributed by atoms with E-state index in [4.69, 9.17) is 0 Å². The fourth-order valence-corrected chi connectivity index (χ4v) is 2.31. The Hall–Kier alpha value is 0.324. The molecule has 0 saturated carbocycles. The summed E-state index contributed by atoms with van der Waals surface area (Å²) >= 11 is 0. The van der Waals surface area contributed by atoms with Crippen LogP contribution in [0.15, 0.2) is 30.3 Å². The minimum absolute atomic E-state index is 0. The van der Waals surface area contributed by atoms with Gasteiger partial charge in [-0.25, -0.2) is 0 Å². The van der Waals surface area contributed by atoms with Gasteiger partial charge in [-0.05, 0) is 22.8 Å². The van der Waals surface area contributed by atoms with E-state index in [1.54, 1.807) is 0 Å². The average molecular weight is 293 g/mol. The zero-order valence-corrected chi connectivity index (χ0v) is 14.2. The van der Waals surface area contributed by atoms with Crippen LogP contribution in [0.4, 0.5) is 0 Å². The molecule has 0 aromatic heterocycles. The van der Waals surface area contributed by atoms with Gasteiger partial charge in [-0.2, -0.15) is 0 Å². The van der Waals surface area contributed by atoms with Crippen LogP contribution >= 0.6 is 0 Å². The Morgan fingerprint density at radius 1 is 0.938 bits per heavy atom. The molecule has 0 heterocycles. The quantitative estimate of drug-likeness (QED) is 0.749. The molecule has 1 heteroatoms. The Morgan fingerprint density at radius 3 is 1.88 bits per heavy atom. The summed E-state index contributed by atoms with van der Waals surface area (Å²) in [6.07, 6.45) is 2.48. The molecule has 0 spiro atoms. The summed E-state index contributed by atoms with van der Waals surface area (Å²) in [7, 11) is 0. The zero-order valence-electron chi connectivity index (χ0n) is 11.4. The molecule has 0 amide bonds. The first-order valence-electron chi connectivity index (χ1n) is 5.93. The van der Waals surface area contributed by atoms with E-state index in [9.17, 15) is 0 Å². The summed E-state index contributed by atoms with van der Waals surface area (Å²) in [6, 6.07) is 10.8. The molecule has 16 heavy (non-hydrogen) atoms. The van der Waals surface area contributed by atoms with Crippen molar-refractivity contribution in [2.45, 2.75) is 52.9 Å². The van der Waals surface area contributed by atoms with Crippen LogP contribution in [-0.4, -0.2) is 0 Å². The maximum Gasteiger partial charge on any atom is 0 e. The van der Waals surface area contributed by atoms with Gasteiger partial charge < -0.3 is 0 Å². The zero-order chi connectivity index (χ0) is 11.5. The minimum Gasteiger partial charge on any atom is -0.0649 e. The number of benzene rings is 1. The molecule has 1 aromatic rings. The molecule has 0 saturated heterocycles. The second kappa shape index (κ2) is 6.31. The first-order chi connectivity index (χ1) is 6.87. The Balaban J connectivity index is 0.00000225. The van der Waals surface area contributed by atoms with E-state index in [1.165, 1.54) is 18.4 Å². The van der Waals surface area contributed by atoms with Crippen LogP contribution in [0.5, 0.6) is 0 Å². The predicted molar refractivity (Wildman–Crippen MR) is 68.2 cm³/mol. The fourth-order valence-electron chi connectivity index (χ4n) is 2.31.